The molecule has 0 aliphatic heterocycles. The summed E-state index contributed by atoms with van der Waals surface area (Å²) in [5, 5.41) is 0. The summed E-state index contributed by atoms with van der Waals surface area (Å²) in [6.07, 6.45) is 0. The second-order valence-electron chi connectivity index (χ2n) is 0. The van der Waals surface area contributed by atoms with Gasteiger partial charge < -0.3 is 0 Å². The van der Waals surface area contributed by atoms with Gasteiger partial charge in [-0.3, -0.25) is 0 Å². The van der Waals surface area contributed by atoms with E-state index in [4.69, 9.17) is 0 Å². The third-order valence-corrected chi connectivity index (χ3v) is 0. The first-order valence-electron chi connectivity index (χ1n) is 0. The van der Waals surface area contributed by atoms with Crippen molar-refractivity contribution in [1.29, 1.82) is 0 Å². The van der Waals surface area contributed by atoms with E-state index in [-0.39, 0.29) is 111 Å². The molecule has 0 fully saturated rings. The van der Waals surface area contributed by atoms with Gasteiger partial charge in [-0.2, -0.15) is 0 Å². The first-order valence-corrected chi connectivity index (χ1v) is 0. The van der Waals surface area contributed by atoms with E-state index in [0.717, 1.165) is 0 Å². The molecule has 0 atom stereocenters. The van der Waals surface area contributed by atoms with Crippen LogP contribution in [0.15, 0.2) is 0 Å². The molecular weight excluding hydrogens is 386 g/mol. The van der Waals surface area contributed by atoms with Crippen LogP contribution < -0.4 is 0 Å². The molecule has 0 aliphatic carbocycles. The SMILES string of the molecule is [Al].[Cu].[Ga].[In].[S].[Se]. The van der Waals surface area contributed by atoms with Crippen molar-refractivity contribution in [2.45, 2.75) is 0 Å². The summed E-state index contributed by atoms with van der Waals surface area (Å²) in [6, 6.07) is 0. The summed E-state index contributed by atoms with van der Waals surface area (Å²) in [5.74, 6) is 0. The second-order valence-corrected chi connectivity index (χ2v) is 0. The number of rotatable bonds is 0. The van der Waals surface area contributed by atoms with Gasteiger partial charge in [-0.05, 0) is 0 Å². The van der Waals surface area contributed by atoms with Gasteiger partial charge in [-0.25, -0.2) is 0 Å². The average molecular weight is 386 g/mol. The van der Waals surface area contributed by atoms with Crippen LogP contribution in [0.1, 0.15) is 0 Å². The summed E-state index contributed by atoms with van der Waals surface area (Å²) in [5.41, 5.74) is 0. The molecule has 0 aromatic carbocycles. The monoisotopic (exact) mass is 386 g/mol. The van der Waals surface area contributed by atoms with Crippen molar-refractivity contribution in [2.75, 3.05) is 0 Å². The minimum atomic E-state index is 0. The van der Waals surface area contributed by atoms with E-state index in [1.54, 1.807) is 0 Å². The van der Waals surface area contributed by atoms with Gasteiger partial charge in [0.15, 0.2) is 0 Å². The van der Waals surface area contributed by atoms with Crippen LogP contribution in [0, 0.1) is 0 Å². The van der Waals surface area contributed by atoms with Crippen molar-refractivity contribution in [3.63, 3.8) is 0 Å². The van der Waals surface area contributed by atoms with Gasteiger partial charge in [0.05, 0.1) is 0 Å². The van der Waals surface area contributed by atoms with E-state index in [1.807, 2.05) is 0 Å². The Kier molecular flexibility index (Phi) is 376. The third kappa shape index (κ3) is 26.1. The summed E-state index contributed by atoms with van der Waals surface area (Å²) >= 11 is 0. The van der Waals surface area contributed by atoms with Crippen molar-refractivity contribution >= 4 is 93.6 Å². The Morgan fingerprint density at radius 1 is 1.00 bits per heavy atom. The topological polar surface area (TPSA) is 0 Å². The van der Waals surface area contributed by atoms with E-state index in [0.29, 0.717) is 0 Å². The maximum atomic E-state index is 0. The van der Waals surface area contributed by atoms with E-state index in [9.17, 15) is 0 Å². The zero-order chi connectivity index (χ0) is 0. The largest absolute Gasteiger partial charge is 0 e. The molecule has 0 nitrogen and oxygen atoms in total. The van der Waals surface area contributed by atoms with Crippen LogP contribution in [0.2, 0.25) is 0 Å². The van der Waals surface area contributed by atoms with Gasteiger partial charge in [0.2, 0.25) is 0 Å². The van der Waals surface area contributed by atoms with Crippen LogP contribution in [0.4, 0.5) is 0 Å². The predicted molar refractivity (Wildman–Crippen MR) is 30.6 cm³/mol. The van der Waals surface area contributed by atoms with Crippen LogP contribution in [-0.2, 0) is 17.1 Å². The fraction of sp³-hybridized carbons (Fsp3) is 0. The molecule has 32 valence electrons. The molecule has 0 amide bonds. The van der Waals surface area contributed by atoms with E-state index >= 15 is 0 Å². The predicted octanol–water partition coefficient (Wildman–Crippen LogP) is -0.878. The minimum Gasteiger partial charge on any atom is 0 e. The first kappa shape index (κ1) is 57.0. The molecule has 0 saturated carbocycles. The quantitative estimate of drug-likeness (QED) is 0.475. The molecule has 0 rings (SSSR count). The van der Waals surface area contributed by atoms with Gasteiger partial charge >= 0.3 is 0 Å². The molecule has 0 bridgehead atoms. The second kappa shape index (κ2) is 39.6. The Balaban J connectivity index is 0. The summed E-state index contributed by atoms with van der Waals surface area (Å²) in [6.45, 7) is 0. The molecule has 14 radical (unpaired) electrons. The zero-order valence-electron chi connectivity index (χ0n) is 2.85. The molecule has 0 aromatic heterocycles. The van der Waals surface area contributed by atoms with Crippen LogP contribution in [0.5, 0.6) is 0 Å². The van der Waals surface area contributed by atoms with Crippen LogP contribution in [0.3, 0.4) is 0 Å². The smallest absolute Gasteiger partial charge is 0 e. The Bertz CT molecular complexity index is 15.5. The summed E-state index contributed by atoms with van der Waals surface area (Å²) in [4.78, 5) is 0. The molecular formula is AlCuGaInSSe. The van der Waals surface area contributed by atoms with Gasteiger partial charge in [-0.1, -0.05) is 0 Å². The van der Waals surface area contributed by atoms with Crippen molar-refractivity contribution in [1.82, 2.24) is 0 Å². The molecule has 0 heterocycles. The normalized spacial score (nSPS) is 0. The van der Waals surface area contributed by atoms with Gasteiger partial charge in [0.25, 0.3) is 0 Å². The van der Waals surface area contributed by atoms with Gasteiger partial charge in [0.1, 0.15) is 0 Å². The van der Waals surface area contributed by atoms with Crippen LogP contribution in [0.25, 0.3) is 0 Å². The maximum Gasteiger partial charge on any atom is 0 e. The molecule has 0 aliphatic rings. The summed E-state index contributed by atoms with van der Waals surface area (Å²) < 4.78 is 0. The molecule has 0 aromatic rings. The minimum absolute atomic E-state index is 0. The molecule has 6 heteroatoms. The Morgan fingerprint density at radius 2 is 1.00 bits per heavy atom. The third-order valence-electron chi connectivity index (χ3n) is 0. The Labute approximate surface area is 109 Å². The van der Waals surface area contributed by atoms with Crippen LogP contribution >= 0.6 is 13.5 Å². The number of hydrogen-bond acceptors (Lipinski definition) is 0. The van der Waals surface area contributed by atoms with E-state index in [1.165, 1.54) is 0 Å². The average Bonchev–Trinajstić information content (AvgIpc) is 0. The van der Waals surface area contributed by atoms with Crippen molar-refractivity contribution in [3.8, 4) is 0 Å². The van der Waals surface area contributed by atoms with Crippen LogP contribution in [-0.4, -0.2) is 80.1 Å². The fourth-order valence-corrected chi connectivity index (χ4v) is 0. The van der Waals surface area contributed by atoms with E-state index in [2.05, 4.69) is 0 Å². The molecule has 6 heavy (non-hydrogen) atoms. The maximum absolute atomic E-state index is 0. The first-order chi connectivity index (χ1) is 0. The van der Waals surface area contributed by atoms with Crippen molar-refractivity contribution < 1.29 is 17.1 Å². The van der Waals surface area contributed by atoms with Gasteiger partial charge in [-0.15, -0.1) is 0 Å². The molecule has 0 saturated heterocycles. The Morgan fingerprint density at radius 3 is 1.00 bits per heavy atom. The molecule has 0 unspecified atom stereocenters. The molecule has 0 N–H and O–H groups in total. The number of hydrogen-bond donors (Lipinski definition) is 0. The fourth-order valence-electron chi connectivity index (χ4n) is 0. The zero-order valence-corrected chi connectivity index (χ0v) is 13.2. The molecule has 0 spiro atoms. The Hall–Kier alpha value is 3.43. The van der Waals surface area contributed by atoms with Crippen molar-refractivity contribution in [2.24, 2.45) is 0 Å². The summed E-state index contributed by atoms with van der Waals surface area (Å²) in [7, 11) is 0. The van der Waals surface area contributed by atoms with E-state index < -0.39 is 0 Å². The van der Waals surface area contributed by atoms with Gasteiger partial charge in [0, 0.05) is 111 Å². The standard InChI is InChI=1S/Al.Cu.Ga.In.S.Se. The van der Waals surface area contributed by atoms with Crippen molar-refractivity contribution in [3.05, 3.63) is 0 Å².